The molecule has 28 heavy (non-hydrogen) atoms. The number of alkyl halides is 3. The number of nitrogens with zero attached hydrogens (tertiary/aromatic N) is 1. The van der Waals surface area contributed by atoms with Crippen LogP contribution in [0.4, 0.5) is 13.2 Å². The lowest BCUT2D eigenvalue weighted by Gasteiger charge is -2.09. The third-order valence-electron chi connectivity index (χ3n) is 4.66. The second kappa shape index (κ2) is 7.05. The molecule has 9 heteroatoms. The van der Waals surface area contributed by atoms with Gasteiger partial charge in [-0.25, -0.2) is 9.78 Å². The van der Waals surface area contributed by atoms with Crippen LogP contribution in [0.2, 0.25) is 0 Å². The van der Waals surface area contributed by atoms with E-state index in [-0.39, 0.29) is 23.6 Å². The number of benzene rings is 1. The van der Waals surface area contributed by atoms with Crippen LogP contribution in [-0.4, -0.2) is 15.9 Å². The summed E-state index contributed by atoms with van der Waals surface area (Å²) in [5.41, 5.74) is -0.0524. The first kappa shape index (κ1) is 18.7. The number of H-pyrrole nitrogens is 1. The van der Waals surface area contributed by atoms with Crippen LogP contribution in [0.5, 0.6) is 0 Å². The van der Waals surface area contributed by atoms with Crippen molar-refractivity contribution in [3.8, 4) is 0 Å². The first-order valence-corrected chi connectivity index (χ1v) is 9.52. The first-order chi connectivity index (χ1) is 13.3. The zero-order chi connectivity index (χ0) is 19.9. The summed E-state index contributed by atoms with van der Waals surface area (Å²) in [6.45, 7) is -0.270. The Hall–Kier alpha value is -2.68. The minimum absolute atomic E-state index is 0.0111. The van der Waals surface area contributed by atoms with Crippen LogP contribution < -0.4 is 5.56 Å². The SMILES string of the molecule is O=C(OCc1nc2sc3c(c2c(=O)[nH]1)CCCC3)c1ccc(C(F)(F)F)cc1. The number of carbonyl (C=O) groups excluding carboxylic acids is 1. The number of rotatable bonds is 3. The molecule has 5 nitrogen and oxygen atoms in total. The largest absolute Gasteiger partial charge is 0.454 e. The normalized spacial score (nSPS) is 14.1. The van der Waals surface area contributed by atoms with Crippen molar-refractivity contribution in [3.05, 3.63) is 62.0 Å². The molecule has 0 atom stereocenters. The van der Waals surface area contributed by atoms with Crippen LogP contribution in [-0.2, 0) is 30.4 Å². The van der Waals surface area contributed by atoms with Crippen molar-refractivity contribution in [1.82, 2.24) is 9.97 Å². The monoisotopic (exact) mass is 408 g/mol. The van der Waals surface area contributed by atoms with Crippen molar-refractivity contribution >= 4 is 27.5 Å². The van der Waals surface area contributed by atoms with Crippen molar-refractivity contribution in [1.29, 1.82) is 0 Å². The molecule has 0 fully saturated rings. The molecular weight excluding hydrogens is 393 g/mol. The fourth-order valence-electron chi connectivity index (χ4n) is 3.29. The topological polar surface area (TPSA) is 72.0 Å². The van der Waals surface area contributed by atoms with Crippen LogP contribution in [0.1, 0.15) is 45.0 Å². The highest BCUT2D eigenvalue weighted by molar-refractivity contribution is 7.18. The van der Waals surface area contributed by atoms with E-state index in [0.717, 1.165) is 55.5 Å². The second-order valence-electron chi connectivity index (χ2n) is 6.55. The fourth-order valence-corrected chi connectivity index (χ4v) is 4.57. The van der Waals surface area contributed by atoms with Gasteiger partial charge in [0.25, 0.3) is 5.56 Å². The maximum absolute atomic E-state index is 12.6. The van der Waals surface area contributed by atoms with Crippen LogP contribution in [0, 0.1) is 0 Å². The molecular formula is C19H15F3N2O3S. The molecule has 146 valence electrons. The van der Waals surface area contributed by atoms with Crippen molar-refractivity contribution < 1.29 is 22.7 Å². The highest BCUT2D eigenvalue weighted by Gasteiger charge is 2.30. The molecule has 0 aliphatic heterocycles. The molecule has 0 bridgehead atoms. The maximum Gasteiger partial charge on any atom is 0.416 e. The van der Waals surface area contributed by atoms with Gasteiger partial charge in [0.1, 0.15) is 17.3 Å². The number of aromatic nitrogens is 2. The van der Waals surface area contributed by atoms with Crippen LogP contribution >= 0.6 is 11.3 Å². The molecule has 3 aromatic rings. The predicted octanol–water partition coefficient (Wildman–Crippen LogP) is 4.24. The molecule has 0 spiro atoms. The average Bonchev–Trinajstić information content (AvgIpc) is 3.04. The molecule has 1 aromatic carbocycles. The number of carbonyl (C=O) groups is 1. The van der Waals surface area contributed by atoms with Gasteiger partial charge in [-0.15, -0.1) is 11.3 Å². The lowest BCUT2D eigenvalue weighted by Crippen LogP contribution is -2.15. The molecule has 4 rings (SSSR count). The van der Waals surface area contributed by atoms with E-state index in [9.17, 15) is 22.8 Å². The van der Waals surface area contributed by atoms with Gasteiger partial charge in [0.15, 0.2) is 0 Å². The lowest BCUT2D eigenvalue weighted by molar-refractivity contribution is -0.137. The summed E-state index contributed by atoms with van der Waals surface area (Å²) < 4.78 is 42.8. The smallest absolute Gasteiger partial charge is 0.416 e. The number of esters is 1. The van der Waals surface area contributed by atoms with Gasteiger partial charge in [0.2, 0.25) is 0 Å². The molecule has 1 aliphatic rings. The number of hydrogen-bond donors (Lipinski definition) is 1. The number of nitrogens with one attached hydrogen (secondary N) is 1. The van der Waals surface area contributed by atoms with E-state index in [4.69, 9.17) is 4.74 Å². The van der Waals surface area contributed by atoms with E-state index in [2.05, 4.69) is 9.97 Å². The van der Waals surface area contributed by atoms with Gasteiger partial charge in [0, 0.05) is 4.88 Å². The Morgan fingerprint density at radius 3 is 2.61 bits per heavy atom. The molecule has 2 heterocycles. The summed E-state index contributed by atoms with van der Waals surface area (Å²) in [6, 6.07) is 3.74. The van der Waals surface area contributed by atoms with Gasteiger partial charge in [-0.1, -0.05) is 0 Å². The predicted molar refractivity (Wildman–Crippen MR) is 97.4 cm³/mol. The van der Waals surface area contributed by atoms with E-state index in [1.54, 1.807) is 0 Å². The van der Waals surface area contributed by atoms with Gasteiger partial charge < -0.3 is 9.72 Å². The Kier molecular flexibility index (Phi) is 4.70. The molecule has 0 radical (unpaired) electrons. The number of hydrogen-bond acceptors (Lipinski definition) is 5. The summed E-state index contributed by atoms with van der Waals surface area (Å²) in [6.07, 6.45) is -0.530. The molecule has 0 saturated carbocycles. The van der Waals surface area contributed by atoms with Gasteiger partial charge in [-0.2, -0.15) is 13.2 Å². The number of fused-ring (bicyclic) bond motifs is 3. The lowest BCUT2D eigenvalue weighted by atomic mass is 9.97. The van der Waals surface area contributed by atoms with Gasteiger partial charge in [-0.3, -0.25) is 4.79 Å². The Bertz CT molecular complexity index is 1100. The van der Waals surface area contributed by atoms with E-state index in [1.165, 1.54) is 16.2 Å². The summed E-state index contributed by atoms with van der Waals surface area (Å²) in [5.74, 6) is -0.585. The minimum atomic E-state index is -4.47. The Morgan fingerprint density at radius 2 is 1.89 bits per heavy atom. The quantitative estimate of drug-likeness (QED) is 0.658. The van der Waals surface area contributed by atoms with Gasteiger partial charge in [0.05, 0.1) is 16.5 Å². The van der Waals surface area contributed by atoms with Crippen molar-refractivity contribution in [2.45, 2.75) is 38.5 Å². The zero-order valence-electron chi connectivity index (χ0n) is 14.6. The van der Waals surface area contributed by atoms with Crippen LogP contribution in [0.15, 0.2) is 29.1 Å². The average molecular weight is 408 g/mol. The van der Waals surface area contributed by atoms with E-state index in [0.29, 0.717) is 10.2 Å². The standard InChI is InChI=1S/C19H15F3N2O3S/c20-19(21,22)11-7-5-10(6-8-11)18(26)27-9-14-23-16(25)15-12-3-1-2-4-13(12)28-17(15)24-14/h5-8H,1-4,9H2,(H,23,24,25). The number of halogens is 3. The molecule has 0 saturated heterocycles. The van der Waals surface area contributed by atoms with Crippen molar-refractivity contribution in [3.63, 3.8) is 0 Å². The van der Waals surface area contributed by atoms with Gasteiger partial charge >= 0.3 is 12.1 Å². The Balaban J connectivity index is 1.51. The van der Waals surface area contributed by atoms with Crippen molar-refractivity contribution in [2.24, 2.45) is 0 Å². The first-order valence-electron chi connectivity index (χ1n) is 8.71. The number of thiophene rings is 1. The fraction of sp³-hybridized carbons (Fsp3) is 0.316. The summed E-state index contributed by atoms with van der Waals surface area (Å²) >= 11 is 1.48. The zero-order valence-corrected chi connectivity index (χ0v) is 15.4. The second-order valence-corrected chi connectivity index (χ2v) is 7.64. The number of aryl methyl sites for hydroxylation is 2. The van der Waals surface area contributed by atoms with Crippen LogP contribution in [0.25, 0.3) is 10.2 Å². The maximum atomic E-state index is 12.6. The summed E-state index contributed by atoms with van der Waals surface area (Å²) in [5, 5.41) is 0.609. The van der Waals surface area contributed by atoms with E-state index in [1.807, 2.05) is 0 Å². The summed E-state index contributed by atoms with van der Waals surface area (Å²) in [7, 11) is 0. The molecule has 0 unspecified atom stereocenters. The Morgan fingerprint density at radius 1 is 1.18 bits per heavy atom. The molecule has 1 aliphatic carbocycles. The van der Waals surface area contributed by atoms with E-state index >= 15 is 0 Å². The number of ether oxygens (including phenoxy) is 1. The Labute approximate surface area is 161 Å². The molecule has 0 amide bonds. The van der Waals surface area contributed by atoms with Crippen molar-refractivity contribution in [2.75, 3.05) is 0 Å². The third-order valence-corrected chi connectivity index (χ3v) is 5.85. The molecule has 1 N–H and O–H groups in total. The number of aromatic amines is 1. The van der Waals surface area contributed by atoms with Crippen LogP contribution in [0.3, 0.4) is 0 Å². The third kappa shape index (κ3) is 3.54. The van der Waals surface area contributed by atoms with Gasteiger partial charge in [-0.05, 0) is 55.5 Å². The van der Waals surface area contributed by atoms with E-state index < -0.39 is 17.7 Å². The summed E-state index contributed by atoms with van der Waals surface area (Å²) in [4.78, 5) is 33.3. The minimum Gasteiger partial charge on any atom is -0.454 e. The molecule has 2 aromatic heterocycles. The highest BCUT2D eigenvalue weighted by Crippen LogP contribution is 2.33. The highest BCUT2D eigenvalue weighted by atomic mass is 32.1.